The van der Waals surface area contributed by atoms with Crippen molar-refractivity contribution < 1.29 is 0 Å². The highest BCUT2D eigenvalue weighted by molar-refractivity contribution is 6.54. The second-order valence-electron chi connectivity index (χ2n) is 11.7. The van der Waals surface area contributed by atoms with Crippen LogP contribution < -0.4 is 0 Å². The lowest BCUT2D eigenvalue weighted by Crippen LogP contribution is -2.31. The number of benzene rings is 6. The van der Waals surface area contributed by atoms with Crippen LogP contribution in [0.5, 0.6) is 0 Å². The van der Waals surface area contributed by atoms with Gasteiger partial charge in [0.05, 0.1) is 37.9 Å². The molecule has 8 heteroatoms. The number of aliphatic imine (C=N–C) groups is 2. The van der Waals surface area contributed by atoms with Crippen molar-refractivity contribution in [3.05, 3.63) is 195 Å². The highest BCUT2D eigenvalue weighted by Crippen LogP contribution is 2.49. The maximum Gasteiger partial charge on any atom is 0.263 e. The first-order chi connectivity index (χ1) is 24.4. The van der Waals surface area contributed by atoms with Gasteiger partial charge in [-0.1, -0.05) is 186 Å². The molecule has 0 aliphatic carbocycles. The second-order valence-corrected chi connectivity index (χ2v) is 13.3. The molecule has 6 aromatic carbocycles. The van der Waals surface area contributed by atoms with Gasteiger partial charge in [-0.05, 0) is 18.2 Å². The first-order valence-corrected chi connectivity index (χ1v) is 17.4. The maximum atomic E-state index is 7.19. The molecule has 0 saturated heterocycles. The lowest BCUT2D eigenvalue weighted by Gasteiger charge is -2.30. The van der Waals surface area contributed by atoms with Gasteiger partial charge in [0.25, 0.3) is 5.79 Å². The third-order valence-corrected chi connectivity index (χ3v) is 9.96. The van der Waals surface area contributed by atoms with Gasteiger partial charge in [-0.15, -0.1) is 0 Å². The quantitative estimate of drug-likeness (QED) is 0.151. The van der Waals surface area contributed by atoms with Gasteiger partial charge in [0.2, 0.25) is 0 Å². The van der Waals surface area contributed by atoms with Crippen LogP contribution in [0.15, 0.2) is 168 Å². The lowest BCUT2D eigenvalue weighted by molar-refractivity contribution is 0.409. The van der Waals surface area contributed by atoms with Crippen molar-refractivity contribution in [2.45, 2.75) is 5.79 Å². The second kappa shape index (κ2) is 13.4. The maximum absolute atomic E-state index is 7.19. The first kappa shape index (κ1) is 32.2. The van der Waals surface area contributed by atoms with E-state index in [1.54, 1.807) is 12.1 Å². The molecular weight excluding hydrogens is 702 g/mol. The zero-order valence-electron chi connectivity index (χ0n) is 26.3. The molecule has 0 unspecified atom stereocenters. The predicted molar refractivity (Wildman–Crippen MR) is 208 cm³/mol. The fraction of sp³-hybridized carbons (Fsp3) is 0.0238. The third kappa shape index (κ3) is 5.65. The van der Waals surface area contributed by atoms with Crippen molar-refractivity contribution in [3.8, 4) is 33.9 Å². The van der Waals surface area contributed by atoms with Crippen molar-refractivity contribution in [2.75, 3.05) is 0 Å². The Balaban J connectivity index is 1.60. The molecule has 0 atom stereocenters. The minimum atomic E-state index is -1.51. The SMILES string of the molecule is Clc1cc(Cl)c(Cl)c(-c2nc(-c3ccccc3)c(-c3ccccc3)n2C2(c3ccccc3Cl)N=C(c3ccccc3)C(c3ccccc3)=N2)c1. The third-order valence-electron chi connectivity index (χ3n) is 8.61. The summed E-state index contributed by atoms with van der Waals surface area (Å²) in [5.41, 5.74) is 7.62. The molecule has 4 nitrogen and oxygen atoms in total. The van der Waals surface area contributed by atoms with Gasteiger partial charge in [-0.25, -0.2) is 15.0 Å². The van der Waals surface area contributed by atoms with Crippen LogP contribution in [0.4, 0.5) is 0 Å². The van der Waals surface area contributed by atoms with Crippen LogP contribution in [-0.2, 0) is 5.79 Å². The van der Waals surface area contributed by atoms with Crippen LogP contribution in [0.25, 0.3) is 33.9 Å². The molecule has 242 valence electrons. The number of hydrogen-bond donors (Lipinski definition) is 0. The summed E-state index contributed by atoms with van der Waals surface area (Å²) in [6, 6.07) is 51.2. The van der Waals surface area contributed by atoms with Gasteiger partial charge in [0.15, 0.2) is 0 Å². The minimum absolute atomic E-state index is 0.298. The van der Waals surface area contributed by atoms with E-state index in [9.17, 15) is 0 Å². The molecule has 1 aliphatic rings. The molecule has 0 spiro atoms. The molecule has 0 amide bonds. The summed E-state index contributed by atoms with van der Waals surface area (Å²) < 4.78 is 2.04. The van der Waals surface area contributed by atoms with Crippen molar-refractivity contribution >= 4 is 57.8 Å². The highest BCUT2D eigenvalue weighted by atomic mass is 35.5. The molecule has 0 fully saturated rings. The average molecular weight is 729 g/mol. The fourth-order valence-corrected chi connectivity index (χ4v) is 7.34. The normalized spacial score (nSPS) is 13.6. The fourth-order valence-electron chi connectivity index (χ4n) is 6.39. The molecule has 0 radical (unpaired) electrons. The van der Waals surface area contributed by atoms with Gasteiger partial charge >= 0.3 is 0 Å². The Morgan fingerprint density at radius 2 is 0.960 bits per heavy atom. The summed E-state index contributed by atoms with van der Waals surface area (Å²) in [6.45, 7) is 0. The zero-order chi connectivity index (χ0) is 34.2. The van der Waals surface area contributed by atoms with Crippen LogP contribution in [0.3, 0.4) is 0 Å². The van der Waals surface area contributed by atoms with Crippen LogP contribution in [-0.4, -0.2) is 21.0 Å². The molecule has 8 rings (SSSR count). The Bertz CT molecular complexity index is 2350. The highest BCUT2D eigenvalue weighted by Gasteiger charge is 2.46. The van der Waals surface area contributed by atoms with E-state index >= 15 is 0 Å². The summed E-state index contributed by atoms with van der Waals surface area (Å²) in [5, 5.41) is 1.49. The van der Waals surface area contributed by atoms with E-state index in [0.29, 0.717) is 54.2 Å². The van der Waals surface area contributed by atoms with Crippen LogP contribution in [0.1, 0.15) is 16.7 Å². The van der Waals surface area contributed by atoms with Crippen molar-refractivity contribution in [1.29, 1.82) is 0 Å². The number of aromatic nitrogens is 2. The van der Waals surface area contributed by atoms with Gasteiger partial charge in [-0.3, -0.25) is 4.57 Å². The Labute approximate surface area is 310 Å². The minimum Gasteiger partial charge on any atom is -0.275 e. The Hall–Kier alpha value is -4.97. The summed E-state index contributed by atoms with van der Waals surface area (Å²) >= 11 is 27.7. The van der Waals surface area contributed by atoms with Crippen LogP contribution in [0, 0.1) is 0 Å². The Morgan fingerprint density at radius 1 is 0.480 bits per heavy atom. The van der Waals surface area contributed by atoms with E-state index in [2.05, 4.69) is 12.1 Å². The Kier molecular flexibility index (Phi) is 8.64. The number of halogens is 4. The standard InChI is InChI=1S/C42H26Cl4N4/c43-31-25-32(36(46)35(45)26-31)41-47-39(29-19-9-3-10-20-29)40(30-21-11-4-12-22-30)50(41)42(33-23-13-14-24-34(33)44)48-37(27-15-5-1-6-16-27)38(49-42)28-17-7-2-8-18-28/h1-26H. The molecule has 50 heavy (non-hydrogen) atoms. The number of nitrogens with zero attached hydrogens (tertiary/aromatic N) is 4. The molecule has 1 aromatic heterocycles. The number of imidazole rings is 1. The van der Waals surface area contributed by atoms with Crippen molar-refractivity contribution in [1.82, 2.24) is 9.55 Å². The van der Waals surface area contributed by atoms with E-state index in [4.69, 9.17) is 61.4 Å². The predicted octanol–water partition coefficient (Wildman–Crippen LogP) is 12.1. The van der Waals surface area contributed by atoms with E-state index in [0.717, 1.165) is 27.9 Å². The van der Waals surface area contributed by atoms with Gasteiger partial charge < -0.3 is 0 Å². The van der Waals surface area contributed by atoms with Crippen molar-refractivity contribution in [2.24, 2.45) is 9.98 Å². The number of hydrogen-bond acceptors (Lipinski definition) is 3. The van der Waals surface area contributed by atoms with Crippen LogP contribution in [0.2, 0.25) is 20.1 Å². The molecule has 7 aromatic rings. The summed E-state index contributed by atoms with van der Waals surface area (Å²) in [4.78, 5) is 16.7. The largest absolute Gasteiger partial charge is 0.275 e. The molecule has 2 heterocycles. The summed E-state index contributed by atoms with van der Waals surface area (Å²) in [6.07, 6.45) is 0. The molecule has 0 N–H and O–H groups in total. The average Bonchev–Trinajstić information content (AvgIpc) is 3.76. The summed E-state index contributed by atoms with van der Waals surface area (Å²) in [7, 11) is 0. The monoisotopic (exact) mass is 726 g/mol. The lowest BCUT2D eigenvalue weighted by atomic mass is 10.0. The van der Waals surface area contributed by atoms with E-state index in [1.165, 1.54) is 0 Å². The van der Waals surface area contributed by atoms with Gasteiger partial charge in [-0.2, -0.15) is 0 Å². The Morgan fingerprint density at radius 3 is 1.50 bits per heavy atom. The van der Waals surface area contributed by atoms with Gasteiger partial charge in [0.1, 0.15) is 5.82 Å². The van der Waals surface area contributed by atoms with E-state index < -0.39 is 5.79 Å². The molecular formula is C42H26Cl4N4. The number of rotatable bonds is 7. The zero-order valence-corrected chi connectivity index (χ0v) is 29.3. The van der Waals surface area contributed by atoms with E-state index in [1.807, 2.05) is 138 Å². The van der Waals surface area contributed by atoms with E-state index in [-0.39, 0.29) is 0 Å². The van der Waals surface area contributed by atoms with Gasteiger partial charge in [0, 0.05) is 38.4 Å². The van der Waals surface area contributed by atoms with Crippen LogP contribution >= 0.6 is 46.4 Å². The smallest absolute Gasteiger partial charge is 0.263 e. The molecule has 0 saturated carbocycles. The van der Waals surface area contributed by atoms with Crippen molar-refractivity contribution in [3.63, 3.8) is 0 Å². The summed E-state index contributed by atoms with van der Waals surface area (Å²) in [5.74, 6) is -1.04. The molecule has 0 bridgehead atoms. The topological polar surface area (TPSA) is 42.5 Å². The first-order valence-electron chi connectivity index (χ1n) is 15.9. The molecule has 1 aliphatic heterocycles.